The molecule has 3 aromatic carbocycles. The lowest BCUT2D eigenvalue weighted by Crippen LogP contribution is -2.48. The van der Waals surface area contributed by atoms with Crippen LogP contribution in [0.1, 0.15) is 16.7 Å². The molecule has 0 aliphatic carbocycles. The highest BCUT2D eigenvalue weighted by Gasteiger charge is 2.62. The van der Waals surface area contributed by atoms with Gasteiger partial charge in [-0.25, -0.2) is 4.79 Å². The minimum absolute atomic E-state index is 0.0657. The van der Waals surface area contributed by atoms with Crippen LogP contribution in [0.5, 0.6) is 5.88 Å². The number of hydrogen-bond acceptors (Lipinski definition) is 6. The van der Waals surface area contributed by atoms with Gasteiger partial charge in [0.05, 0.1) is 24.9 Å². The van der Waals surface area contributed by atoms with E-state index in [0.29, 0.717) is 29.1 Å². The largest absolute Gasteiger partial charge is 0.465 e. The van der Waals surface area contributed by atoms with E-state index in [4.69, 9.17) is 15.2 Å². The van der Waals surface area contributed by atoms with Crippen LogP contribution in [0.3, 0.4) is 0 Å². The molecule has 3 N–H and O–H groups in total. The van der Waals surface area contributed by atoms with Crippen LogP contribution in [0.25, 0.3) is 11.3 Å². The number of nitrogens with two attached hydrogens (primary N) is 1. The number of anilines is 1. The first kappa shape index (κ1) is 21.7. The van der Waals surface area contributed by atoms with Crippen LogP contribution in [0.4, 0.5) is 5.69 Å². The van der Waals surface area contributed by atoms with Crippen molar-refractivity contribution in [2.24, 2.45) is 5.73 Å². The zero-order chi connectivity index (χ0) is 24.9. The molecule has 36 heavy (non-hydrogen) atoms. The van der Waals surface area contributed by atoms with E-state index in [0.717, 1.165) is 11.1 Å². The smallest absolute Gasteiger partial charge is 0.340 e. The van der Waals surface area contributed by atoms with Gasteiger partial charge in [-0.05, 0) is 11.6 Å². The van der Waals surface area contributed by atoms with Crippen molar-refractivity contribution >= 4 is 17.6 Å². The Bertz CT molecular complexity index is 1530. The highest BCUT2D eigenvalue weighted by molar-refractivity contribution is 6.19. The quantitative estimate of drug-likeness (QED) is 0.433. The van der Waals surface area contributed by atoms with E-state index in [1.807, 2.05) is 84.9 Å². The fourth-order valence-electron chi connectivity index (χ4n) is 5.24. The molecule has 0 saturated heterocycles. The van der Waals surface area contributed by atoms with Crippen molar-refractivity contribution in [3.05, 3.63) is 113 Å². The molecule has 4 aromatic rings. The predicted molar refractivity (Wildman–Crippen MR) is 133 cm³/mol. The Morgan fingerprint density at radius 1 is 1.03 bits per heavy atom. The normalized spacial score (nSPS) is 18.1. The highest BCUT2D eigenvalue weighted by Crippen LogP contribution is 2.57. The van der Waals surface area contributed by atoms with Crippen LogP contribution in [0.15, 0.2) is 96.4 Å². The fourth-order valence-corrected chi connectivity index (χ4v) is 5.24. The molecule has 0 bridgehead atoms. The molecule has 6 rings (SSSR count). The van der Waals surface area contributed by atoms with Crippen molar-refractivity contribution in [2.45, 2.75) is 12.0 Å². The molecule has 0 fully saturated rings. The number of fused-ring (bicyclic) bond motifs is 4. The maximum atomic E-state index is 14.7. The molecule has 2 aliphatic heterocycles. The lowest BCUT2D eigenvalue weighted by molar-refractivity contribution is -0.138. The molecule has 1 aromatic heterocycles. The number of esters is 1. The molecular weight excluding hydrogens is 456 g/mol. The first-order valence-electron chi connectivity index (χ1n) is 11.4. The van der Waals surface area contributed by atoms with Gasteiger partial charge in [0.1, 0.15) is 11.0 Å². The minimum atomic E-state index is -1.62. The first-order chi connectivity index (χ1) is 17.6. The summed E-state index contributed by atoms with van der Waals surface area (Å²) in [5, 5.41) is 7.37. The Balaban J connectivity index is 1.67. The number of amides is 1. The van der Waals surface area contributed by atoms with E-state index in [9.17, 15) is 9.59 Å². The van der Waals surface area contributed by atoms with Crippen LogP contribution >= 0.6 is 0 Å². The van der Waals surface area contributed by atoms with Crippen molar-refractivity contribution in [3.8, 4) is 17.1 Å². The predicted octanol–water partition coefficient (Wildman–Crippen LogP) is 3.65. The van der Waals surface area contributed by atoms with E-state index >= 15 is 0 Å². The number of nitrogens with one attached hydrogen (secondary N) is 1. The second kappa shape index (κ2) is 8.13. The Labute approximate surface area is 207 Å². The highest BCUT2D eigenvalue weighted by atomic mass is 16.5. The topological polar surface area (TPSA) is 111 Å². The van der Waals surface area contributed by atoms with Crippen molar-refractivity contribution < 1.29 is 19.1 Å². The van der Waals surface area contributed by atoms with Crippen LogP contribution in [-0.4, -0.2) is 29.2 Å². The Hall–Kier alpha value is -4.85. The van der Waals surface area contributed by atoms with E-state index in [2.05, 4.69) is 10.2 Å². The molecule has 2 aliphatic rings. The summed E-state index contributed by atoms with van der Waals surface area (Å²) in [6.45, 7) is 0.307. The van der Waals surface area contributed by atoms with E-state index in [-0.39, 0.29) is 23.2 Å². The number of carbonyl (C=O) groups excluding carboxylic acids is 2. The third kappa shape index (κ3) is 2.91. The maximum Gasteiger partial charge on any atom is 0.340 e. The number of methoxy groups -OCH3 is 1. The molecule has 8 nitrogen and oxygen atoms in total. The van der Waals surface area contributed by atoms with Crippen LogP contribution < -0.4 is 15.4 Å². The van der Waals surface area contributed by atoms with Crippen molar-refractivity contribution in [1.29, 1.82) is 0 Å². The van der Waals surface area contributed by atoms with Crippen molar-refractivity contribution in [2.75, 3.05) is 12.0 Å². The van der Waals surface area contributed by atoms with Gasteiger partial charge in [-0.3, -0.25) is 9.89 Å². The van der Waals surface area contributed by atoms with Gasteiger partial charge >= 0.3 is 5.97 Å². The molecule has 1 spiro atoms. The van der Waals surface area contributed by atoms with Gasteiger partial charge in [0, 0.05) is 16.8 Å². The van der Waals surface area contributed by atoms with Crippen LogP contribution in [-0.2, 0) is 26.3 Å². The molecule has 1 atom stereocenters. The van der Waals surface area contributed by atoms with Gasteiger partial charge in [-0.15, -0.1) is 5.10 Å². The number of aromatic nitrogens is 2. The Morgan fingerprint density at radius 2 is 1.69 bits per heavy atom. The van der Waals surface area contributed by atoms with E-state index < -0.39 is 11.4 Å². The van der Waals surface area contributed by atoms with Crippen molar-refractivity contribution in [1.82, 2.24) is 10.2 Å². The second-order valence-corrected chi connectivity index (χ2v) is 8.62. The molecule has 3 heterocycles. The number of nitrogens with zero attached hydrogens (tertiary/aromatic N) is 2. The lowest BCUT2D eigenvalue weighted by Gasteiger charge is -2.34. The number of benzene rings is 3. The first-order valence-corrected chi connectivity index (χ1v) is 11.4. The summed E-state index contributed by atoms with van der Waals surface area (Å²) < 4.78 is 11.0. The summed E-state index contributed by atoms with van der Waals surface area (Å²) in [5.74, 6) is -1.16. The lowest BCUT2D eigenvalue weighted by atomic mass is 9.68. The monoisotopic (exact) mass is 478 g/mol. The third-order valence-corrected chi connectivity index (χ3v) is 6.74. The molecule has 0 unspecified atom stereocenters. The summed E-state index contributed by atoms with van der Waals surface area (Å²) in [6, 6.07) is 26.5. The fraction of sp³-hybridized carbons (Fsp3) is 0.107. The molecule has 8 heteroatoms. The number of para-hydroxylation sites is 1. The number of rotatable bonds is 4. The van der Waals surface area contributed by atoms with Crippen LogP contribution in [0, 0.1) is 0 Å². The number of hydrogen-bond donors (Lipinski definition) is 2. The summed E-state index contributed by atoms with van der Waals surface area (Å²) in [5.41, 5.74) is 8.63. The number of H-pyrrole nitrogens is 1. The molecule has 0 radical (unpaired) electrons. The second-order valence-electron chi connectivity index (χ2n) is 8.62. The van der Waals surface area contributed by atoms with E-state index in [1.54, 1.807) is 4.90 Å². The van der Waals surface area contributed by atoms with Crippen molar-refractivity contribution in [3.63, 3.8) is 0 Å². The number of ether oxygens (including phenoxy) is 2. The average Bonchev–Trinajstić information content (AvgIpc) is 3.44. The Kier molecular flexibility index (Phi) is 4.89. The summed E-state index contributed by atoms with van der Waals surface area (Å²) in [7, 11) is 1.26. The summed E-state index contributed by atoms with van der Waals surface area (Å²) in [4.78, 5) is 29.7. The average molecular weight is 479 g/mol. The van der Waals surface area contributed by atoms with Gasteiger partial charge in [-0.1, -0.05) is 78.9 Å². The van der Waals surface area contributed by atoms with Gasteiger partial charge in [-0.2, -0.15) is 0 Å². The Morgan fingerprint density at radius 3 is 2.42 bits per heavy atom. The maximum absolute atomic E-state index is 14.7. The molecular formula is C28H22N4O4. The van der Waals surface area contributed by atoms with E-state index in [1.165, 1.54) is 7.11 Å². The van der Waals surface area contributed by atoms with Gasteiger partial charge in [0.15, 0.2) is 0 Å². The SMILES string of the molecule is COC(=O)C1=C(N)Oc2n[nH]c(-c3ccccc3)c2[C@]12C(=O)N(Cc1ccccc1)c1ccccc12. The summed E-state index contributed by atoms with van der Waals surface area (Å²) in [6.07, 6.45) is 0. The number of carbonyl (C=O) groups is 2. The van der Waals surface area contributed by atoms with Gasteiger partial charge in [0.2, 0.25) is 17.7 Å². The zero-order valence-electron chi connectivity index (χ0n) is 19.4. The molecule has 178 valence electrons. The number of aromatic amines is 1. The van der Waals surface area contributed by atoms with Crippen LogP contribution in [0.2, 0.25) is 0 Å². The summed E-state index contributed by atoms with van der Waals surface area (Å²) >= 11 is 0. The molecule has 1 amide bonds. The zero-order valence-corrected chi connectivity index (χ0v) is 19.4. The standard InChI is InChI=1S/C28H22N4O4/c1-35-26(33)22-24(29)36-25-21(23(30-31-25)18-12-6-3-7-13-18)28(22)19-14-8-9-15-20(19)32(27(28)34)16-17-10-4-2-5-11-17/h2-15H,16,29H2,1H3,(H,30,31)/t28-/m0/s1. The third-order valence-electron chi connectivity index (χ3n) is 6.74. The van der Waals surface area contributed by atoms with Gasteiger partial charge < -0.3 is 20.1 Å². The minimum Gasteiger partial charge on any atom is -0.465 e. The molecule has 0 saturated carbocycles. The van der Waals surface area contributed by atoms with Gasteiger partial charge in [0.25, 0.3) is 0 Å².